The highest BCUT2D eigenvalue weighted by Crippen LogP contribution is 2.25. The van der Waals surface area contributed by atoms with Crippen molar-refractivity contribution in [3.8, 4) is 5.75 Å². The lowest BCUT2D eigenvalue weighted by atomic mass is 9.90. The predicted molar refractivity (Wildman–Crippen MR) is 78.8 cm³/mol. The van der Waals surface area contributed by atoms with Crippen molar-refractivity contribution in [2.24, 2.45) is 5.41 Å². The van der Waals surface area contributed by atoms with Gasteiger partial charge in [-0.05, 0) is 30.4 Å². The summed E-state index contributed by atoms with van der Waals surface area (Å²) in [6.45, 7) is 8.86. The second-order valence-corrected chi connectivity index (χ2v) is 5.46. The van der Waals surface area contributed by atoms with Crippen LogP contribution in [0.4, 0.5) is 5.82 Å². The average Bonchev–Trinajstić information content (AvgIpc) is 2.41. The summed E-state index contributed by atoms with van der Waals surface area (Å²) in [5.41, 5.74) is 0.162. The van der Waals surface area contributed by atoms with Crippen LogP contribution >= 0.6 is 0 Å². The molecule has 0 saturated heterocycles. The third-order valence-corrected chi connectivity index (χ3v) is 2.95. The molecule has 0 amide bonds. The van der Waals surface area contributed by atoms with Gasteiger partial charge in [-0.15, -0.1) is 0 Å². The number of anilines is 1. The number of nitrogens with one attached hydrogen (secondary N) is 1. The third kappa shape index (κ3) is 5.92. The number of hydrogen-bond donors (Lipinski definition) is 1. The fourth-order valence-electron chi connectivity index (χ4n) is 1.64. The largest absolute Gasteiger partial charge is 0.490 e. The van der Waals surface area contributed by atoms with Crippen LogP contribution in [-0.2, 0) is 4.74 Å². The van der Waals surface area contributed by atoms with Crippen LogP contribution < -0.4 is 10.1 Å². The number of ether oxygens (including phenoxy) is 2. The first-order valence-electron chi connectivity index (χ1n) is 6.89. The van der Waals surface area contributed by atoms with E-state index in [-0.39, 0.29) is 5.41 Å². The molecule has 4 nitrogen and oxygen atoms in total. The summed E-state index contributed by atoms with van der Waals surface area (Å²) in [5.74, 6) is 1.65. The molecule has 0 atom stereocenters. The predicted octanol–water partition coefficient (Wildman–Crippen LogP) is 3.35. The maximum absolute atomic E-state index is 5.68. The van der Waals surface area contributed by atoms with Crippen molar-refractivity contribution < 1.29 is 9.47 Å². The lowest BCUT2D eigenvalue weighted by molar-refractivity contribution is 0.157. The molecule has 0 unspecified atom stereocenters. The minimum Gasteiger partial charge on any atom is -0.490 e. The van der Waals surface area contributed by atoms with Crippen LogP contribution in [0.1, 0.15) is 33.6 Å². The molecule has 0 aliphatic rings. The molecule has 1 rings (SSSR count). The highest BCUT2D eigenvalue weighted by atomic mass is 16.5. The molecule has 4 heteroatoms. The summed E-state index contributed by atoms with van der Waals surface area (Å²) in [6, 6.07) is 3.85. The molecule has 19 heavy (non-hydrogen) atoms. The molecule has 1 heterocycles. The van der Waals surface area contributed by atoms with Gasteiger partial charge >= 0.3 is 0 Å². The zero-order valence-electron chi connectivity index (χ0n) is 12.5. The molecule has 1 aromatic heterocycles. The van der Waals surface area contributed by atoms with Gasteiger partial charge in [0.15, 0.2) is 11.6 Å². The van der Waals surface area contributed by atoms with E-state index in [0.29, 0.717) is 6.61 Å². The van der Waals surface area contributed by atoms with E-state index in [1.165, 1.54) is 0 Å². The molecule has 0 aliphatic heterocycles. The van der Waals surface area contributed by atoms with Gasteiger partial charge in [-0.25, -0.2) is 4.98 Å². The molecular weight excluding hydrogens is 240 g/mol. The Bertz CT molecular complexity index is 367. The van der Waals surface area contributed by atoms with E-state index >= 15 is 0 Å². The number of nitrogens with zero attached hydrogens (tertiary/aromatic N) is 1. The van der Waals surface area contributed by atoms with Gasteiger partial charge in [-0.2, -0.15) is 0 Å². The van der Waals surface area contributed by atoms with E-state index in [9.17, 15) is 0 Å². The summed E-state index contributed by atoms with van der Waals surface area (Å²) < 4.78 is 10.8. The molecule has 0 fully saturated rings. The average molecular weight is 266 g/mol. The van der Waals surface area contributed by atoms with E-state index in [0.717, 1.165) is 37.6 Å². The third-order valence-electron chi connectivity index (χ3n) is 2.95. The Hall–Kier alpha value is -1.29. The highest BCUT2D eigenvalue weighted by molar-refractivity contribution is 5.49. The van der Waals surface area contributed by atoms with Gasteiger partial charge in [0.2, 0.25) is 0 Å². The van der Waals surface area contributed by atoms with E-state index in [1.54, 1.807) is 13.3 Å². The van der Waals surface area contributed by atoms with Crippen molar-refractivity contribution in [2.75, 3.05) is 32.2 Å². The SMILES string of the molecule is CCCOc1cccnc1NCC(C)(C)CCOC. The van der Waals surface area contributed by atoms with Gasteiger partial charge in [0, 0.05) is 26.5 Å². The summed E-state index contributed by atoms with van der Waals surface area (Å²) in [7, 11) is 1.74. The molecule has 0 aliphatic carbocycles. The quantitative estimate of drug-likeness (QED) is 0.744. The van der Waals surface area contributed by atoms with Gasteiger partial charge in [0.1, 0.15) is 0 Å². The molecule has 0 radical (unpaired) electrons. The molecule has 0 spiro atoms. The fraction of sp³-hybridized carbons (Fsp3) is 0.667. The number of hydrogen-bond acceptors (Lipinski definition) is 4. The van der Waals surface area contributed by atoms with Crippen LogP contribution in [0, 0.1) is 5.41 Å². The van der Waals surface area contributed by atoms with Crippen LogP contribution in [0.3, 0.4) is 0 Å². The number of methoxy groups -OCH3 is 1. The molecule has 0 bridgehead atoms. The molecule has 0 saturated carbocycles. The van der Waals surface area contributed by atoms with Crippen LogP contribution in [-0.4, -0.2) is 31.9 Å². The van der Waals surface area contributed by atoms with Gasteiger partial charge in [0.25, 0.3) is 0 Å². The Morgan fingerprint density at radius 1 is 1.32 bits per heavy atom. The Kier molecular flexibility index (Phi) is 6.64. The van der Waals surface area contributed by atoms with E-state index in [2.05, 4.69) is 31.1 Å². The molecule has 1 aromatic rings. The first-order chi connectivity index (χ1) is 9.09. The Morgan fingerprint density at radius 2 is 2.11 bits per heavy atom. The topological polar surface area (TPSA) is 43.4 Å². The minimum absolute atomic E-state index is 0.162. The maximum atomic E-state index is 5.68. The molecular formula is C15H26N2O2. The first-order valence-corrected chi connectivity index (χ1v) is 6.89. The monoisotopic (exact) mass is 266 g/mol. The molecule has 0 aromatic carbocycles. The zero-order chi connectivity index (χ0) is 14.1. The maximum Gasteiger partial charge on any atom is 0.168 e. The standard InChI is InChI=1S/C15H26N2O2/c1-5-10-19-13-7-6-9-16-14(13)17-12-15(2,3)8-11-18-4/h6-7,9H,5,8,10-12H2,1-4H3,(H,16,17). The lowest BCUT2D eigenvalue weighted by Gasteiger charge is -2.25. The number of aromatic nitrogens is 1. The first kappa shape index (κ1) is 15.8. The van der Waals surface area contributed by atoms with E-state index in [4.69, 9.17) is 9.47 Å². The fourth-order valence-corrected chi connectivity index (χ4v) is 1.64. The summed E-state index contributed by atoms with van der Waals surface area (Å²) in [5, 5.41) is 3.38. The van der Waals surface area contributed by atoms with Crippen LogP contribution in [0.25, 0.3) is 0 Å². The smallest absolute Gasteiger partial charge is 0.168 e. The van der Waals surface area contributed by atoms with Crippen molar-refractivity contribution in [1.82, 2.24) is 4.98 Å². The Labute approximate surface area is 116 Å². The lowest BCUT2D eigenvalue weighted by Crippen LogP contribution is -2.25. The van der Waals surface area contributed by atoms with Crippen molar-refractivity contribution >= 4 is 5.82 Å². The van der Waals surface area contributed by atoms with Crippen molar-refractivity contribution in [1.29, 1.82) is 0 Å². The van der Waals surface area contributed by atoms with Crippen LogP contribution in [0.5, 0.6) is 5.75 Å². The summed E-state index contributed by atoms with van der Waals surface area (Å²) >= 11 is 0. The normalized spacial score (nSPS) is 11.4. The van der Waals surface area contributed by atoms with Gasteiger partial charge in [-0.1, -0.05) is 20.8 Å². The number of rotatable bonds is 9. The van der Waals surface area contributed by atoms with Crippen molar-refractivity contribution in [3.63, 3.8) is 0 Å². The minimum atomic E-state index is 0.162. The zero-order valence-corrected chi connectivity index (χ0v) is 12.5. The van der Waals surface area contributed by atoms with E-state index < -0.39 is 0 Å². The Morgan fingerprint density at radius 3 is 2.79 bits per heavy atom. The second kappa shape index (κ2) is 8.00. The highest BCUT2D eigenvalue weighted by Gasteiger charge is 2.18. The molecule has 108 valence electrons. The van der Waals surface area contributed by atoms with Gasteiger partial charge in [0.05, 0.1) is 6.61 Å². The molecule has 1 N–H and O–H groups in total. The Balaban J connectivity index is 2.56. The van der Waals surface area contributed by atoms with Crippen LogP contribution in [0.15, 0.2) is 18.3 Å². The van der Waals surface area contributed by atoms with Gasteiger partial charge < -0.3 is 14.8 Å². The summed E-state index contributed by atoms with van der Waals surface area (Å²) in [6.07, 6.45) is 3.78. The second-order valence-electron chi connectivity index (χ2n) is 5.46. The number of pyridine rings is 1. The van der Waals surface area contributed by atoms with Crippen molar-refractivity contribution in [3.05, 3.63) is 18.3 Å². The van der Waals surface area contributed by atoms with Gasteiger partial charge in [-0.3, -0.25) is 0 Å². The summed E-state index contributed by atoms with van der Waals surface area (Å²) in [4.78, 5) is 4.35. The van der Waals surface area contributed by atoms with Crippen LogP contribution in [0.2, 0.25) is 0 Å². The van der Waals surface area contributed by atoms with Crippen molar-refractivity contribution in [2.45, 2.75) is 33.6 Å². The van der Waals surface area contributed by atoms with E-state index in [1.807, 2.05) is 12.1 Å².